The van der Waals surface area contributed by atoms with Gasteiger partial charge in [-0.25, -0.2) is 23.3 Å². The molecule has 10 nitrogen and oxygen atoms in total. The molecule has 0 bridgehead atoms. The van der Waals surface area contributed by atoms with Crippen LogP contribution in [0.15, 0.2) is 30.5 Å². The molecule has 3 rings (SSSR count). The molecular weight excluding hydrogens is 516 g/mol. The van der Waals surface area contributed by atoms with Gasteiger partial charge in [-0.05, 0) is 65.3 Å². The molecule has 0 saturated heterocycles. The lowest BCUT2D eigenvalue weighted by atomic mass is 9.98. The van der Waals surface area contributed by atoms with Crippen LogP contribution in [0.3, 0.4) is 0 Å². The lowest BCUT2D eigenvalue weighted by Gasteiger charge is -2.26. The molecule has 0 atom stereocenters. The zero-order valence-electron chi connectivity index (χ0n) is 21.2. The molecule has 2 heterocycles. The molecule has 204 valence electrons. The number of fused-ring (bicyclic) bond motifs is 1. The van der Waals surface area contributed by atoms with E-state index in [0.29, 0.717) is 11.0 Å². The molecule has 0 spiro atoms. The zero-order valence-corrected chi connectivity index (χ0v) is 21.2. The molecule has 1 N–H and O–H groups in total. The van der Waals surface area contributed by atoms with Gasteiger partial charge in [0.15, 0.2) is 5.65 Å². The predicted octanol–water partition coefficient (Wildman–Crippen LogP) is 5.93. The highest BCUT2D eigenvalue weighted by Gasteiger charge is 2.38. The Balaban J connectivity index is 2.12. The van der Waals surface area contributed by atoms with E-state index in [1.54, 1.807) is 41.5 Å². The standard InChI is InChI=1S/C24H24F4N4O6/c1-22(2,3)37-20(35)32(21(36)38-23(4,5)6)19-29-15-11-12(9-10-31(15)30-19)13-7-8-14(24(26,27)28)16(17(13)25)18(33)34/h7-11H,1-6H3,(H,33,34). The number of carbonyl (C=O) groups is 3. The third kappa shape index (κ3) is 6.18. The number of hydrogen-bond acceptors (Lipinski definition) is 7. The quantitative estimate of drug-likeness (QED) is 0.406. The number of nitrogens with zero attached hydrogens (tertiary/aromatic N) is 4. The number of carbonyl (C=O) groups excluding carboxylic acids is 2. The number of hydrogen-bond donors (Lipinski definition) is 1. The number of imide groups is 1. The topological polar surface area (TPSA) is 123 Å². The van der Waals surface area contributed by atoms with Gasteiger partial charge in [-0.3, -0.25) is 0 Å². The van der Waals surface area contributed by atoms with Gasteiger partial charge in [-0.1, -0.05) is 6.07 Å². The number of benzene rings is 1. The fourth-order valence-electron chi connectivity index (χ4n) is 3.23. The highest BCUT2D eigenvalue weighted by molar-refractivity contribution is 6.08. The normalized spacial score (nSPS) is 12.4. The minimum atomic E-state index is -5.09. The number of halogens is 4. The highest BCUT2D eigenvalue weighted by Crippen LogP contribution is 2.37. The van der Waals surface area contributed by atoms with Crippen LogP contribution in [-0.2, 0) is 15.7 Å². The molecule has 0 aliphatic carbocycles. The second-order valence-electron chi connectivity index (χ2n) is 10.1. The molecule has 0 saturated carbocycles. The Morgan fingerprint density at radius 2 is 1.50 bits per heavy atom. The van der Waals surface area contributed by atoms with Gasteiger partial charge in [-0.2, -0.15) is 18.2 Å². The molecule has 3 aromatic rings. The molecule has 38 heavy (non-hydrogen) atoms. The Bertz CT molecular complexity index is 1390. The summed E-state index contributed by atoms with van der Waals surface area (Å²) < 4.78 is 66.3. The van der Waals surface area contributed by atoms with Gasteiger partial charge in [0.1, 0.15) is 22.6 Å². The smallest absolute Gasteiger partial charge is 0.427 e. The van der Waals surface area contributed by atoms with Crippen molar-refractivity contribution in [3.63, 3.8) is 0 Å². The summed E-state index contributed by atoms with van der Waals surface area (Å²) in [6.45, 7) is 9.45. The van der Waals surface area contributed by atoms with Crippen LogP contribution >= 0.6 is 0 Å². The van der Waals surface area contributed by atoms with Gasteiger partial charge >= 0.3 is 24.3 Å². The van der Waals surface area contributed by atoms with E-state index in [1.165, 1.54) is 18.3 Å². The van der Waals surface area contributed by atoms with E-state index >= 15 is 4.39 Å². The van der Waals surface area contributed by atoms with Crippen molar-refractivity contribution in [3.8, 4) is 11.1 Å². The Morgan fingerprint density at radius 3 is 1.97 bits per heavy atom. The number of carboxylic acids is 1. The van der Waals surface area contributed by atoms with E-state index in [1.807, 2.05) is 0 Å². The largest absolute Gasteiger partial charge is 0.478 e. The summed E-state index contributed by atoms with van der Waals surface area (Å²) in [4.78, 5) is 41.6. The second-order valence-corrected chi connectivity index (χ2v) is 10.1. The molecule has 1 aromatic carbocycles. The Kier molecular flexibility index (Phi) is 7.14. The number of alkyl halides is 3. The van der Waals surface area contributed by atoms with Gasteiger partial charge in [0.25, 0.3) is 5.95 Å². The van der Waals surface area contributed by atoms with Gasteiger partial charge < -0.3 is 14.6 Å². The van der Waals surface area contributed by atoms with Crippen molar-refractivity contribution < 1.29 is 46.5 Å². The van der Waals surface area contributed by atoms with Gasteiger partial charge in [0, 0.05) is 11.8 Å². The van der Waals surface area contributed by atoms with Crippen molar-refractivity contribution in [3.05, 3.63) is 47.4 Å². The lowest BCUT2D eigenvalue weighted by molar-refractivity contribution is -0.138. The van der Waals surface area contributed by atoms with Crippen LogP contribution < -0.4 is 4.90 Å². The molecule has 2 amide bonds. The molecule has 0 aliphatic heterocycles. The maximum absolute atomic E-state index is 15.0. The first-order chi connectivity index (χ1) is 17.3. The van der Waals surface area contributed by atoms with Gasteiger partial charge in [0.2, 0.25) is 0 Å². The predicted molar refractivity (Wildman–Crippen MR) is 125 cm³/mol. The van der Waals surface area contributed by atoms with Crippen LogP contribution in [0.2, 0.25) is 0 Å². The number of pyridine rings is 1. The molecular formula is C24H24F4N4O6. The molecule has 0 fully saturated rings. The summed E-state index contributed by atoms with van der Waals surface area (Å²) in [6.07, 6.45) is -6.13. The molecule has 14 heteroatoms. The number of carboxylic acid groups (broad SMARTS) is 1. The van der Waals surface area contributed by atoms with E-state index in [0.717, 1.165) is 10.6 Å². The molecule has 0 radical (unpaired) electrons. The molecule has 2 aromatic heterocycles. The van der Waals surface area contributed by atoms with E-state index in [9.17, 15) is 32.7 Å². The van der Waals surface area contributed by atoms with Crippen molar-refractivity contribution in [2.24, 2.45) is 0 Å². The third-order valence-corrected chi connectivity index (χ3v) is 4.65. The fourth-order valence-corrected chi connectivity index (χ4v) is 3.23. The molecule has 0 aliphatic rings. The first-order valence-electron chi connectivity index (χ1n) is 11.0. The zero-order chi connectivity index (χ0) is 28.8. The van der Waals surface area contributed by atoms with Crippen molar-refractivity contribution in [1.82, 2.24) is 14.6 Å². The van der Waals surface area contributed by atoms with E-state index in [-0.39, 0.29) is 11.2 Å². The van der Waals surface area contributed by atoms with Crippen LogP contribution in [0.5, 0.6) is 0 Å². The van der Waals surface area contributed by atoms with E-state index in [4.69, 9.17) is 9.47 Å². The highest BCUT2D eigenvalue weighted by atomic mass is 19.4. The number of aromatic nitrogens is 3. The van der Waals surface area contributed by atoms with Crippen LogP contribution in [0.1, 0.15) is 57.5 Å². The van der Waals surface area contributed by atoms with Crippen LogP contribution in [0.4, 0.5) is 33.1 Å². The maximum Gasteiger partial charge on any atom is 0.427 e. The first-order valence-corrected chi connectivity index (χ1v) is 11.0. The van der Waals surface area contributed by atoms with Crippen molar-refractivity contribution in [2.75, 3.05) is 4.90 Å². The average molecular weight is 540 g/mol. The maximum atomic E-state index is 15.0. The Labute approximate surface area is 213 Å². The van der Waals surface area contributed by atoms with Crippen molar-refractivity contribution in [2.45, 2.75) is 58.9 Å². The number of rotatable bonds is 3. The van der Waals surface area contributed by atoms with Gasteiger partial charge in [-0.15, -0.1) is 10.00 Å². The minimum Gasteiger partial charge on any atom is -0.478 e. The van der Waals surface area contributed by atoms with E-state index < -0.39 is 64.0 Å². The average Bonchev–Trinajstić information content (AvgIpc) is 3.12. The first kappa shape index (κ1) is 28.3. The fraction of sp³-hybridized carbons (Fsp3) is 0.375. The molecule has 0 unspecified atom stereocenters. The van der Waals surface area contributed by atoms with Crippen molar-refractivity contribution >= 4 is 29.8 Å². The number of amides is 2. The number of aromatic carboxylic acids is 1. The SMILES string of the molecule is CC(C)(C)OC(=O)N(C(=O)OC(C)(C)C)c1nc2cc(-c3ccc(C(F)(F)F)c(C(=O)O)c3F)ccn2n1. The van der Waals surface area contributed by atoms with Crippen LogP contribution in [-0.4, -0.2) is 49.1 Å². The number of ether oxygens (including phenoxy) is 2. The summed E-state index contributed by atoms with van der Waals surface area (Å²) >= 11 is 0. The Morgan fingerprint density at radius 1 is 0.947 bits per heavy atom. The summed E-state index contributed by atoms with van der Waals surface area (Å²) in [5, 5.41) is 13.3. The van der Waals surface area contributed by atoms with Crippen molar-refractivity contribution in [1.29, 1.82) is 0 Å². The summed E-state index contributed by atoms with van der Waals surface area (Å²) in [5.74, 6) is -4.14. The Hall–Kier alpha value is -4.23. The van der Waals surface area contributed by atoms with Crippen LogP contribution in [0.25, 0.3) is 16.8 Å². The monoisotopic (exact) mass is 540 g/mol. The second kappa shape index (κ2) is 9.58. The third-order valence-electron chi connectivity index (χ3n) is 4.65. The minimum absolute atomic E-state index is 0.0359. The summed E-state index contributed by atoms with van der Waals surface area (Å²) in [5.41, 5.74) is -5.69. The summed E-state index contributed by atoms with van der Waals surface area (Å²) in [6, 6.07) is 3.69. The number of anilines is 1. The van der Waals surface area contributed by atoms with Crippen LogP contribution in [0, 0.1) is 5.82 Å². The van der Waals surface area contributed by atoms with E-state index in [2.05, 4.69) is 10.1 Å². The van der Waals surface area contributed by atoms with Gasteiger partial charge in [0.05, 0.1) is 5.56 Å². The summed E-state index contributed by atoms with van der Waals surface area (Å²) in [7, 11) is 0. The lowest BCUT2D eigenvalue weighted by Crippen LogP contribution is -2.44.